The number of anilines is 1. The Morgan fingerprint density at radius 2 is 1.76 bits per heavy atom. The Balaban J connectivity index is 1.34. The molecule has 4 aliphatic rings. The van der Waals surface area contributed by atoms with Crippen LogP contribution < -0.4 is 14.4 Å². The molecule has 3 aliphatic heterocycles. The van der Waals surface area contributed by atoms with Crippen LogP contribution in [0, 0.1) is 23.7 Å². The van der Waals surface area contributed by atoms with Gasteiger partial charge in [-0.3, -0.25) is 19.3 Å². The maximum atomic E-state index is 13.5. The summed E-state index contributed by atoms with van der Waals surface area (Å²) in [7, 11) is -1.50. The molecular weight excluding hydrogens is 664 g/mol. The van der Waals surface area contributed by atoms with Crippen molar-refractivity contribution in [1.82, 2.24) is 14.5 Å². The first kappa shape index (κ1) is 37.4. The Hall–Kier alpha value is -2.39. The van der Waals surface area contributed by atoms with Gasteiger partial charge in [0.2, 0.25) is 0 Å². The second-order valence-electron chi connectivity index (χ2n) is 15.7. The van der Waals surface area contributed by atoms with Crippen molar-refractivity contribution in [2.45, 2.75) is 96.9 Å². The molecule has 9 atom stereocenters. The minimum absolute atomic E-state index is 0.158. The second kappa shape index (κ2) is 16.5. The predicted octanol–water partition coefficient (Wildman–Crippen LogP) is 7.71. The normalized spacial score (nSPS) is 33.4. The van der Waals surface area contributed by atoms with Crippen LogP contribution in [0.3, 0.4) is 0 Å². The van der Waals surface area contributed by atoms with Crippen LogP contribution in [0.5, 0.6) is 5.75 Å². The molecule has 9 unspecified atom stereocenters. The molecule has 2 fully saturated rings. The van der Waals surface area contributed by atoms with Crippen molar-refractivity contribution in [1.29, 1.82) is 0 Å². The van der Waals surface area contributed by atoms with E-state index in [1.165, 1.54) is 24.0 Å². The van der Waals surface area contributed by atoms with Crippen LogP contribution in [0.4, 0.5) is 5.69 Å². The summed E-state index contributed by atoms with van der Waals surface area (Å²) in [6.45, 7) is 20.1. The van der Waals surface area contributed by atoms with Crippen molar-refractivity contribution in [2.24, 2.45) is 23.7 Å². The van der Waals surface area contributed by atoms with Crippen molar-refractivity contribution < 1.29 is 13.7 Å². The lowest BCUT2D eigenvalue weighted by Gasteiger charge is -2.48. The number of likely N-dealkylation sites (N-methyl/N-ethyl adjacent to an activating group) is 1. The van der Waals surface area contributed by atoms with Gasteiger partial charge in [-0.1, -0.05) is 57.0 Å². The summed E-state index contributed by atoms with van der Waals surface area (Å²) in [5.41, 5.74) is 4.07. The summed E-state index contributed by atoms with van der Waals surface area (Å²) < 4.78 is 22.8. The highest BCUT2D eigenvalue weighted by atomic mass is 35.5. The molecule has 1 saturated heterocycles. The molecule has 2 aromatic carbocycles. The van der Waals surface area contributed by atoms with E-state index in [1.54, 1.807) is 0 Å². The topological polar surface area (TPSA) is 65.1 Å². The van der Waals surface area contributed by atoms with Crippen LogP contribution in [0.2, 0.25) is 5.02 Å². The van der Waals surface area contributed by atoms with Crippen molar-refractivity contribution in [2.75, 3.05) is 50.8 Å². The number of nitrogens with zero attached hydrogens (tertiary/aromatic N) is 3. The fraction of sp³-hybridized carbons (Fsp3) is 0.634. The van der Waals surface area contributed by atoms with Gasteiger partial charge in [0.1, 0.15) is 16.7 Å². The molecule has 2 aromatic rings. The SMILES string of the molecule is CCCc1cc(Cl)ccc1C1COc2ccc3cc2N(C1)CC1CCC1C(CN1CC(C)N(CC)C(C)C1)/C=C/CC(C)C(C)S(=O)NC3=O. The number of fused-ring (bicyclic) bond motifs is 2. The first-order valence-electron chi connectivity index (χ1n) is 19.2. The summed E-state index contributed by atoms with van der Waals surface area (Å²) in [5.74, 6) is 2.42. The molecule has 2 bridgehead atoms. The molecule has 274 valence electrons. The molecule has 9 heteroatoms. The van der Waals surface area contributed by atoms with Gasteiger partial charge in [0.25, 0.3) is 5.91 Å². The van der Waals surface area contributed by atoms with Crippen LogP contribution in [-0.4, -0.2) is 83.1 Å². The molecule has 0 aromatic heterocycles. The standard InChI is InChI=1S/C41H59ClN4O3S/c1-7-10-31-19-36(42)15-17-37(31)35-25-45-24-34-13-16-38(34)33(23-44-21-28(4)46(8-2)29(5)22-44)12-9-11-27(3)30(6)50(48)43-41(47)32-14-18-40(49-26-35)39(45)20-32/h9,12,14-15,17-20,27-30,33-35,38H,7-8,10-11,13,16,21-26H2,1-6H3,(H,43,47)/b12-9+. The average Bonchev–Trinajstić information content (AvgIpc) is 3.25. The van der Waals surface area contributed by atoms with E-state index in [2.05, 4.69) is 78.3 Å². The molecule has 6 rings (SSSR count). The molecular formula is C41H59ClN4O3S. The maximum absolute atomic E-state index is 13.5. The maximum Gasteiger partial charge on any atom is 0.263 e. The summed E-state index contributed by atoms with van der Waals surface area (Å²) in [4.78, 5) is 21.4. The van der Waals surface area contributed by atoms with E-state index < -0.39 is 11.0 Å². The van der Waals surface area contributed by atoms with Crippen molar-refractivity contribution in [3.63, 3.8) is 0 Å². The molecule has 50 heavy (non-hydrogen) atoms. The number of rotatable bonds is 6. The van der Waals surface area contributed by atoms with Crippen molar-refractivity contribution in [3.05, 3.63) is 70.3 Å². The number of allylic oxidation sites excluding steroid dienone is 1. The number of aryl methyl sites for hydroxylation is 1. The lowest BCUT2D eigenvalue weighted by atomic mass is 9.66. The quantitative estimate of drug-likeness (QED) is 0.309. The number of carbonyl (C=O) groups is 1. The third kappa shape index (κ3) is 8.29. The van der Waals surface area contributed by atoms with E-state index in [0.29, 0.717) is 42.0 Å². The van der Waals surface area contributed by atoms with Gasteiger partial charge in [0.05, 0.1) is 17.5 Å². The molecule has 1 amide bonds. The summed E-state index contributed by atoms with van der Waals surface area (Å²) in [6, 6.07) is 13.1. The number of hydrogen-bond donors (Lipinski definition) is 1. The zero-order chi connectivity index (χ0) is 35.5. The molecule has 1 aliphatic carbocycles. The third-order valence-corrected chi connectivity index (χ3v) is 14.0. The summed E-state index contributed by atoms with van der Waals surface area (Å²) in [6.07, 6.45) is 10.2. The minimum atomic E-state index is -1.50. The smallest absolute Gasteiger partial charge is 0.263 e. The highest BCUT2D eigenvalue weighted by molar-refractivity contribution is 7.84. The number of carbonyl (C=O) groups excluding carboxylic acids is 1. The van der Waals surface area contributed by atoms with Crippen molar-refractivity contribution in [3.8, 4) is 5.75 Å². The largest absolute Gasteiger partial charge is 0.491 e. The van der Waals surface area contributed by atoms with E-state index in [4.69, 9.17) is 16.3 Å². The number of hydrogen-bond acceptors (Lipinski definition) is 6. The molecule has 0 spiro atoms. The number of benzene rings is 2. The highest BCUT2D eigenvalue weighted by Gasteiger charge is 2.40. The predicted molar refractivity (Wildman–Crippen MR) is 208 cm³/mol. The average molecular weight is 723 g/mol. The molecule has 1 N–H and O–H groups in total. The van der Waals surface area contributed by atoms with Crippen LogP contribution in [0.15, 0.2) is 48.6 Å². The van der Waals surface area contributed by atoms with E-state index in [1.807, 2.05) is 31.2 Å². The zero-order valence-electron chi connectivity index (χ0n) is 31.1. The summed E-state index contributed by atoms with van der Waals surface area (Å²) in [5, 5.41) is 0.599. The van der Waals surface area contributed by atoms with Gasteiger partial charge in [0.15, 0.2) is 0 Å². The van der Waals surface area contributed by atoms with Crippen molar-refractivity contribution >= 4 is 34.2 Å². The molecule has 1 saturated carbocycles. The minimum Gasteiger partial charge on any atom is -0.491 e. The van der Waals surface area contributed by atoms with E-state index in [0.717, 1.165) is 75.0 Å². The Labute approximate surface area is 308 Å². The van der Waals surface area contributed by atoms with Gasteiger partial charge in [-0.15, -0.1) is 0 Å². The number of nitrogens with one attached hydrogen (secondary N) is 1. The third-order valence-electron chi connectivity index (χ3n) is 12.2. The van der Waals surface area contributed by atoms with Crippen LogP contribution in [-0.2, 0) is 17.4 Å². The molecule has 3 heterocycles. The Morgan fingerprint density at radius 1 is 0.980 bits per heavy atom. The highest BCUT2D eigenvalue weighted by Crippen LogP contribution is 2.45. The van der Waals surface area contributed by atoms with Crippen LogP contribution in [0.25, 0.3) is 0 Å². The first-order chi connectivity index (χ1) is 24.1. The van der Waals surface area contributed by atoms with Gasteiger partial charge in [-0.05, 0) is 118 Å². The Bertz CT molecular complexity index is 1540. The Kier molecular flexibility index (Phi) is 12.3. The number of piperazine rings is 1. The van der Waals surface area contributed by atoms with Crippen LogP contribution in [0.1, 0.15) is 94.6 Å². The zero-order valence-corrected chi connectivity index (χ0v) is 32.6. The number of halogens is 1. The van der Waals surface area contributed by atoms with Gasteiger partial charge >= 0.3 is 0 Å². The van der Waals surface area contributed by atoms with Crippen LogP contribution >= 0.6 is 11.6 Å². The van der Waals surface area contributed by atoms with Gasteiger partial charge in [-0.25, -0.2) is 4.21 Å². The lowest BCUT2D eigenvalue weighted by Crippen LogP contribution is -2.57. The second-order valence-corrected chi connectivity index (χ2v) is 17.7. The van der Waals surface area contributed by atoms with Gasteiger partial charge in [0, 0.05) is 61.3 Å². The van der Waals surface area contributed by atoms with E-state index >= 15 is 0 Å². The van der Waals surface area contributed by atoms with Gasteiger partial charge < -0.3 is 9.64 Å². The number of ether oxygens (including phenoxy) is 1. The molecule has 7 nitrogen and oxygen atoms in total. The Morgan fingerprint density at radius 3 is 2.46 bits per heavy atom. The van der Waals surface area contributed by atoms with Gasteiger partial charge in [-0.2, -0.15) is 0 Å². The first-order valence-corrected chi connectivity index (χ1v) is 20.8. The summed E-state index contributed by atoms with van der Waals surface area (Å²) >= 11 is 6.49. The monoisotopic (exact) mass is 722 g/mol. The fourth-order valence-corrected chi connectivity index (χ4v) is 10.3. The number of amides is 1. The molecule has 0 radical (unpaired) electrons. The lowest BCUT2D eigenvalue weighted by molar-refractivity contribution is 0.0220. The van der Waals surface area contributed by atoms with E-state index in [9.17, 15) is 9.00 Å². The van der Waals surface area contributed by atoms with E-state index in [-0.39, 0.29) is 23.0 Å². The fourth-order valence-electron chi connectivity index (χ4n) is 9.11.